The highest BCUT2D eigenvalue weighted by Gasteiger charge is 2.32. The van der Waals surface area contributed by atoms with Crippen LogP contribution < -0.4 is 4.90 Å². The van der Waals surface area contributed by atoms with Crippen LogP contribution in [0.15, 0.2) is 30.7 Å². The van der Waals surface area contributed by atoms with Gasteiger partial charge >= 0.3 is 6.18 Å². The van der Waals surface area contributed by atoms with Gasteiger partial charge in [0.1, 0.15) is 11.6 Å². The first-order chi connectivity index (χ1) is 10.8. The summed E-state index contributed by atoms with van der Waals surface area (Å²) in [5.74, 6) is 2.50. The van der Waals surface area contributed by atoms with Gasteiger partial charge in [-0.25, -0.2) is 9.97 Å². The van der Waals surface area contributed by atoms with E-state index in [-0.39, 0.29) is 0 Å². The largest absolute Gasteiger partial charge is 0.417 e. The van der Waals surface area contributed by atoms with E-state index in [0.717, 1.165) is 37.7 Å². The summed E-state index contributed by atoms with van der Waals surface area (Å²) in [6.45, 7) is 6.70. The van der Waals surface area contributed by atoms with Crippen molar-refractivity contribution >= 4 is 5.82 Å². The second-order valence-corrected chi connectivity index (χ2v) is 6.27. The first kappa shape index (κ1) is 15.8. The van der Waals surface area contributed by atoms with Gasteiger partial charge in [-0.15, -0.1) is 0 Å². The predicted molar refractivity (Wildman–Crippen MR) is 81.3 cm³/mol. The lowest BCUT2D eigenvalue weighted by molar-refractivity contribution is -0.137. The fourth-order valence-corrected chi connectivity index (χ4v) is 2.87. The van der Waals surface area contributed by atoms with Gasteiger partial charge in [-0.1, -0.05) is 13.8 Å². The van der Waals surface area contributed by atoms with Crippen LogP contribution >= 0.6 is 0 Å². The summed E-state index contributed by atoms with van der Waals surface area (Å²) in [6.07, 6.45) is 0.352. The number of rotatable bonds is 4. The number of nitrogens with zero attached hydrogens (tertiary/aromatic N) is 4. The van der Waals surface area contributed by atoms with Crippen LogP contribution in [0, 0.1) is 5.92 Å². The monoisotopic (exact) mass is 324 g/mol. The molecule has 0 saturated carbocycles. The summed E-state index contributed by atoms with van der Waals surface area (Å²) in [7, 11) is 0. The van der Waals surface area contributed by atoms with Gasteiger partial charge in [0.05, 0.1) is 5.56 Å². The van der Waals surface area contributed by atoms with E-state index in [9.17, 15) is 13.2 Å². The Morgan fingerprint density at radius 2 is 1.96 bits per heavy atom. The molecule has 3 rings (SSSR count). The Bertz CT molecular complexity index is 655. The van der Waals surface area contributed by atoms with Crippen LogP contribution in [0.4, 0.5) is 19.0 Å². The molecule has 0 amide bonds. The molecule has 0 aliphatic carbocycles. The molecule has 0 bridgehead atoms. The standard InChI is InChI=1S/C16H19F3N4/c1-11(2)15-20-5-6-22(15)8-12-9-23(10-12)14-4-3-13(7-21-14)16(17,18)19/h3-7,11-12H,8-10H2,1-2H3. The van der Waals surface area contributed by atoms with E-state index in [1.807, 2.05) is 17.3 Å². The van der Waals surface area contributed by atoms with Crippen molar-refractivity contribution in [1.29, 1.82) is 0 Å². The molecule has 2 aromatic heterocycles. The number of anilines is 1. The molecule has 124 valence electrons. The number of pyridine rings is 1. The minimum absolute atomic E-state index is 0.373. The van der Waals surface area contributed by atoms with Crippen molar-refractivity contribution < 1.29 is 13.2 Å². The Labute approximate surface area is 133 Å². The van der Waals surface area contributed by atoms with E-state index in [2.05, 4.69) is 28.4 Å². The normalized spacial score (nSPS) is 16.0. The van der Waals surface area contributed by atoms with Crippen LogP contribution in [0.1, 0.15) is 31.2 Å². The lowest BCUT2D eigenvalue weighted by Gasteiger charge is -2.40. The van der Waals surface area contributed by atoms with Crippen LogP contribution in [0.25, 0.3) is 0 Å². The van der Waals surface area contributed by atoms with Gasteiger partial charge in [0.15, 0.2) is 0 Å². The van der Waals surface area contributed by atoms with Gasteiger partial charge in [0.2, 0.25) is 0 Å². The van der Waals surface area contributed by atoms with E-state index >= 15 is 0 Å². The van der Waals surface area contributed by atoms with Crippen LogP contribution in [0.5, 0.6) is 0 Å². The first-order valence-electron chi connectivity index (χ1n) is 7.64. The predicted octanol–water partition coefficient (Wildman–Crippen LogP) is 3.56. The van der Waals surface area contributed by atoms with Crippen molar-refractivity contribution in [3.05, 3.63) is 42.1 Å². The average molecular weight is 324 g/mol. The third-order valence-electron chi connectivity index (χ3n) is 4.08. The van der Waals surface area contributed by atoms with Crippen LogP contribution in [-0.2, 0) is 12.7 Å². The van der Waals surface area contributed by atoms with Crippen molar-refractivity contribution in [2.75, 3.05) is 18.0 Å². The lowest BCUT2D eigenvalue weighted by atomic mass is 9.99. The van der Waals surface area contributed by atoms with Gasteiger partial charge in [-0.3, -0.25) is 0 Å². The van der Waals surface area contributed by atoms with Gasteiger partial charge in [-0.05, 0) is 12.1 Å². The van der Waals surface area contributed by atoms with Crippen molar-refractivity contribution in [3.8, 4) is 0 Å². The van der Waals surface area contributed by atoms with Gasteiger partial charge in [0, 0.05) is 50.1 Å². The zero-order valence-electron chi connectivity index (χ0n) is 13.1. The van der Waals surface area contributed by atoms with Crippen LogP contribution in [0.2, 0.25) is 0 Å². The Morgan fingerprint density at radius 1 is 1.22 bits per heavy atom. The second-order valence-electron chi connectivity index (χ2n) is 6.27. The van der Waals surface area contributed by atoms with E-state index in [1.165, 1.54) is 6.07 Å². The van der Waals surface area contributed by atoms with E-state index < -0.39 is 11.7 Å². The molecule has 0 radical (unpaired) electrons. The summed E-state index contributed by atoms with van der Waals surface area (Å²) >= 11 is 0. The van der Waals surface area contributed by atoms with Crippen molar-refractivity contribution in [2.24, 2.45) is 5.92 Å². The highest BCUT2D eigenvalue weighted by molar-refractivity contribution is 5.42. The zero-order valence-corrected chi connectivity index (χ0v) is 13.1. The molecule has 7 heteroatoms. The molecular weight excluding hydrogens is 305 g/mol. The van der Waals surface area contributed by atoms with Crippen molar-refractivity contribution in [3.63, 3.8) is 0 Å². The summed E-state index contributed by atoms with van der Waals surface area (Å²) in [4.78, 5) is 10.3. The number of aromatic nitrogens is 3. The third-order valence-corrected chi connectivity index (χ3v) is 4.08. The molecule has 2 aromatic rings. The van der Waals surface area contributed by atoms with E-state index in [4.69, 9.17) is 0 Å². The molecule has 0 atom stereocenters. The minimum Gasteiger partial charge on any atom is -0.356 e. The minimum atomic E-state index is -4.34. The average Bonchev–Trinajstić information content (AvgIpc) is 2.90. The number of alkyl halides is 3. The molecule has 23 heavy (non-hydrogen) atoms. The van der Waals surface area contributed by atoms with Crippen molar-refractivity contribution in [1.82, 2.24) is 14.5 Å². The Hall–Kier alpha value is -2.05. The zero-order chi connectivity index (χ0) is 16.6. The molecule has 1 saturated heterocycles. The summed E-state index contributed by atoms with van der Waals surface area (Å²) < 4.78 is 39.8. The summed E-state index contributed by atoms with van der Waals surface area (Å²) in [6, 6.07) is 2.53. The maximum atomic E-state index is 12.5. The highest BCUT2D eigenvalue weighted by atomic mass is 19.4. The highest BCUT2D eigenvalue weighted by Crippen LogP contribution is 2.31. The summed E-state index contributed by atoms with van der Waals surface area (Å²) in [5.41, 5.74) is -0.710. The Morgan fingerprint density at radius 3 is 2.52 bits per heavy atom. The molecule has 4 nitrogen and oxygen atoms in total. The fourth-order valence-electron chi connectivity index (χ4n) is 2.87. The van der Waals surface area contributed by atoms with Gasteiger partial charge in [-0.2, -0.15) is 13.2 Å². The molecule has 0 N–H and O–H groups in total. The number of imidazole rings is 1. The molecule has 0 spiro atoms. The summed E-state index contributed by atoms with van der Waals surface area (Å²) in [5, 5.41) is 0. The third kappa shape index (κ3) is 3.33. The lowest BCUT2D eigenvalue weighted by Crippen LogP contribution is -2.49. The first-order valence-corrected chi connectivity index (χ1v) is 7.64. The van der Waals surface area contributed by atoms with Gasteiger partial charge < -0.3 is 9.47 Å². The quantitative estimate of drug-likeness (QED) is 0.862. The smallest absolute Gasteiger partial charge is 0.356 e. The Balaban J connectivity index is 1.58. The molecular formula is C16H19F3N4. The molecule has 1 aliphatic heterocycles. The molecule has 3 heterocycles. The van der Waals surface area contributed by atoms with Crippen molar-refractivity contribution in [2.45, 2.75) is 32.5 Å². The van der Waals surface area contributed by atoms with E-state index in [0.29, 0.717) is 17.7 Å². The fraction of sp³-hybridized carbons (Fsp3) is 0.500. The molecule has 0 unspecified atom stereocenters. The van der Waals surface area contributed by atoms with Crippen LogP contribution in [-0.4, -0.2) is 27.6 Å². The van der Waals surface area contributed by atoms with E-state index in [1.54, 1.807) is 0 Å². The van der Waals surface area contributed by atoms with Crippen LogP contribution in [0.3, 0.4) is 0 Å². The molecule has 1 fully saturated rings. The van der Waals surface area contributed by atoms with Gasteiger partial charge in [0.25, 0.3) is 0 Å². The SMILES string of the molecule is CC(C)c1nccn1CC1CN(c2ccc(C(F)(F)F)cn2)C1. The number of hydrogen-bond acceptors (Lipinski definition) is 3. The topological polar surface area (TPSA) is 34.0 Å². The number of hydrogen-bond donors (Lipinski definition) is 0. The second kappa shape index (κ2) is 5.86. The number of halogens is 3. The molecule has 0 aromatic carbocycles. The Kier molecular flexibility index (Phi) is 4.04. The molecule has 1 aliphatic rings. The maximum Gasteiger partial charge on any atom is 0.417 e. The maximum absolute atomic E-state index is 12.5.